The third-order valence-corrected chi connectivity index (χ3v) is 5.56. The van der Waals surface area contributed by atoms with E-state index in [2.05, 4.69) is 10.3 Å². The van der Waals surface area contributed by atoms with Crippen LogP contribution in [-0.4, -0.2) is 31.4 Å². The molecule has 1 aromatic carbocycles. The lowest BCUT2D eigenvalue weighted by Gasteiger charge is -2.18. The number of hydrogen-bond acceptors (Lipinski definition) is 8. The SMILES string of the molecule is COc1cc(/C(=C\Nc2nccc(C)c2C)OP(=O)(OC)OC)cc(C)c1O. The van der Waals surface area contributed by atoms with E-state index in [4.69, 9.17) is 18.3 Å². The van der Waals surface area contributed by atoms with E-state index in [1.165, 1.54) is 27.5 Å². The molecule has 28 heavy (non-hydrogen) atoms. The Morgan fingerprint density at radius 1 is 1.14 bits per heavy atom. The number of ether oxygens (including phenoxy) is 1. The maximum atomic E-state index is 12.5. The van der Waals surface area contributed by atoms with Crippen molar-refractivity contribution in [1.82, 2.24) is 4.98 Å². The Hall–Kier alpha value is -2.54. The average Bonchev–Trinajstić information content (AvgIpc) is 2.69. The number of phenolic OH excluding ortho intramolecular Hbond substituents is 1. The topological polar surface area (TPSA) is 99.1 Å². The summed E-state index contributed by atoms with van der Waals surface area (Å²) in [5.41, 5.74) is 3.08. The molecule has 0 spiro atoms. The lowest BCUT2D eigenvalue weighted by Crippen LogP contribution is -2.02. The van der Waals surface area contributed by atoms with Crippen molar-refractivity contribution in [1.29, 1.82) is 0 Å². The molecular formula is C19H25N2O6P. The maximum Gasteiger partial charge on any atom is 0.529 e. The molecule has 0 fully saturated rings. The first-order chi connectivity index (χ1) is 13.2. The van der Waals surface area contributed by atoms with Crippen LogP contribution in [0.4, 0.5) is 5.82 Å². The van der Waals surface area contributed by atoms with Crippen LogP contribution < -0.4 is 10.1 Å². The zero-order chi connectivity index (χ0) is 20.9. The van der Waals surface area contributed by atoms with Gasteiger partial charge in [0, 0.05) is 32.2 Å². The number of nitrogens with zero attached hydrogens (tertiary/aromatic N) is 1. The van der Waals surface area contributed by atoms with Gasteiger partial charge in [-0.3, -0.25) is 9.05 Å². The standard InChI is InChI=1S/C19H25N2O6P/c1-12-7-8-20-19(14(12)3)21-11-17(27-28(23,25-5)26-6)15-9-13(2)18(22)16(10-15)24-4/h7-11,22H,1-6H3,(H,20,21)/b17-11+. The van der Waals surface area contributed by atoms with E-state index < -0.39 is 7.82 Å². The first kappa shape index (κ1) is 21.8. The third-order valence-electron chi connectivity index (χ3n) is 4.24. The molecular weight excluding hydrogens is 383 g/mol. The molecule has 0 amide bonds. The summed E-state index contributed by atoms with van der Waals surface area (Å²) >= 11 is 0. The summed E-state index contributed by atoms with van der Waals surface area (Å²) < 4.78 is 33.1. The van der Waals surface area contributed by atoms with Gasteiger partial charge >= 0.3 is 7.82 Å². The predicted molar refractivity (Wildman–Crippen MR) is 107 cm³/mol. The average molecular weight is 408 g/mol. The van der Waals surface area contributed by atoms with E-state index >= 15 is 0 Å². The van der Waals surface area contributed by atoms with Gasteiger partial charge in [-0.05, 0) is 55.7 Å². The number of aryl methyl sites for hydroxylation is 2. The van der Waals surface area contributed by atoms with Crippen molar-refractivity contribution in [2.24, 2.45) is 0 Å². The van der Waals surface area contributed by atoms with Gasteiger partial charge in [-0.2, -0.15) is 0 Å². The number of aromatic hydroxyl groups is 1. The summed E-state index contributed by atoms with van der Waals surface area (Å²) in [5, 5.41) is 13.1. The molecule has 9 heteroatoms. The molecule has 2 N–H and O–H groups in total. The fraction of sp³-hybridized carbons (Fsp3) is 0.316. The Balaban J connectivity index is 2.52. The van der Waals surface area contributed by atoms with Crippen LogP contribution in [0.15, 0.2) is 30.6 Å². The van der Waals surface area contributed by atoms with Gasteiger partial charge in [0.2, 0.25) is 0 Å². The minimum atomic E-state index is -3.83. The number of anilines is 1. The molecule has 2 rings (SSSR count). The molecule has 8 nitrogen and oxygen atoms in total. The molecule has 0 saturated carbocycles. The Bertz CT molecular complexity index is 921. The van der Waals surface area contributed by atoms with Crippen molar-refractivity contribution in [3.8, 4) is 11.5 Å². The summed E-state index contributed by atoms with van der Waals surface area (Å²) in [6, 6.07) is 5.12. The summed E-state index contributed by atoms with van der Waals surface area (Å²) in [7, 11) is 0.0654. The van der Waals surface area contributed by atoms with Gasteiger partial charge in [0.15, 0.2) is 17.3 Å². The molecule has 1 aromatic heterocycles. The van der Waals surface area contributed by atoms with Crippen molar-refractivity contribution >= 4 is 19.4 Å². The van der Waals surface area contributed by atoms with Crippen LogP contribution in [-0.2, 0) is 18.1 Å². The number of pyridine rings is 1. The summed E-state index contributed by atoms with van der Waals surface area (Å²) in [6.07, 6.45) is 3.19. The van der Waals surface area contributed by atoms with Gasteiger partial charge in [0.1, 0.15) is 5.82 Å². The molecule has 0 bridgehead atoms. The summed E-state index contributed by atoms with van der Waals surface area (Å²) in [5.74, 6) is 1.04. The van der Waals surface area contributed by atoms with Crippen LogP contribution in [0.3, 0.4) is 0 Å². The zero-order valence-corrected chi connectivity index (χ0v) is 17.7. The summed E-state index contributed by atoms with van der Waals surface area (Å²) in [4.78, 5) is 4.30. The van der Waals surface area contributed by atoms with Gasteiger partial charge < -0.3 is 19.7 Å². The number of phenols is 1. The van der Waals surface area contributed by atoms with Gasteiger partial charge in [-0.25, -0.2) is 9.55 Å². The Morgan fingerprint density at radius 2 is 1.82 bits per heavy atom. The molecule has 0 aliphatic rings. The van der Waals surface area contributed by atoms with E-state index in [0.29, 0.717) is 16.9 Å². The number of phosphoric acid groups is 1. The number of rotatable bonds is 8. The number of aromatic nitrogens is 1. The third kappa shape index (κ3) is 4.84. The molecule has 0 radical (unpaired) electrons. The first-order valence-electron chi connectivity index (χ1n) is 8.42. The minimum Gasteiger partial charge on any atom is -0.504 e. The number of hydrogen-bond donors (Lipinski definition) is 2. The van der Waals surface area contributed by atoms with Crippen LogP contribution in [0.25, 0.3) is 5.76 Å². The van der Waals surface area contributed by atoms with Crippen LogP contribution >= 0.6 is 7.82 Å². The molecule has 0 unspecified atom stereocenters. The highest BCUT2D eigenvalue weighted by Gasteiger charge is 2.27. The highest BCUT2D eigenvalue weighted by molar-refractivity contribution is 7.48. The largest absolute Gasteiger partial charge is 0.529 e. The normalized spacial score (nSPS) is 12.0. The van der Waals surface area contributed by atoms with Crippen molar-refractivity contribution in [3.05, 3.63) is 52.8 Å². The van der Waals surface area contributed by atoms with Gasteiger partial charge in [0.25, 0.3) is 0 Å². The Labute approximate surface area is 164 Å². The van der Waals surface area contributed by atoms with Crippen LogP contribution in [0, 0.1) is 20.8 Å². The number of nitrogens with one attached hydrogen (secondary N) is 1. The van der Waals surface area contributed by atoms with E-state index in [9.17, 15) is 9.67 Å². The van der Waals surface area contributed by atoms with E-state index in [-0.39, 0.29) is 17.3 Å². The highest BCUT2D eigenvalue weighted by atomic mass is 31.2. The Kier molecular flexibility index (Phi) is 7.07. The molecule has 0 aliphatic heterocycles. The molecule has 0 aliphatic carbocycles. The van der Waals surface area contributed by atoms with Gasteiger partial charge in [-0.1, -0.05) is 0 Å². The Morgan fingerprint density at radius 3 is 2.43 bits per heavy atom. The first-order valence-corrected chi connectivity index (χ1v) is 9.88. The second-order valence-corrected chi connectivity index (χ2v) is 7.81. The highest BCUT2D eigenvalue weighted by Crippen LogP contribution is 2.51. The second kappa shape index (κ2) is 9.10. The second-order valence-electron chi connectivity index (χ2n) is 6.00. The molecule has 2 aromatic rings. The minimum absolute atomic E-state index is 0.0106. The van der Waals surface area contributed by atoms with Gasteiger partial charge in [-0.15, -0.1) is 0 Å². The van der Waals surface area contributed by atoms with Crippen LogP contribution in [0.5, 0.6) is 11.5 Å². The van der Waals surface area contributed by atoms with E-state index in [0.717, 1.165) is 11.1 Å². The molecule has 0 saturated heterocycles. The fourth-order valence-electron chi connectivity index (χ4n) is 2.39. The van der Waals surface area contributed by atoms with E-state index in [1.54, 1.807) is 25.3 Å². The van der Waals surface area contributed by atoms with Crippen molar-refractivity contribution in [2.45, 2.75) is 20.8 Å². The lowest BCUT2D eigenvalue weighted by molar-refractivity contribution is 0.201. The summed E-state index contributed by atoms with van der Waals surface area (Å²) in [6.45, 7) is 5.62. The fourth-order valence-corrected chi connectivity index (χ4v) is 3.09. The van der Waals surface area contributed by atoms with Crippen molar-refractivity contribution in [3.63, 3.8) is 0 Å². The number of methoxy groups -OCH3 is 1. The van der Waals surface area contributed by atoms with Crippen molar-refractivity contribution < 1.29 is 28.0 Å². The molecule has 152 valence electrons. The van der Waals surface area contributed by atoms with Crippen LogP contribution in [0.1, 0.15) is 22.3 Å². The zero-order valence-electron chi connectivity index (χ0n) is 16.8. The number of phosphoric ester groups is 1. The van der Waals surface area contributed by atoms with Gasteiger partial charge in [0.05, 0.1) is 7.11 Å². The monoisotopic (exact) mass is 408 g/mol. The van der Waals surface area contributed by atoms with Crippen LogP contribution in [0.2, 0.25) is 0 Å². The predicted octanol–water partition coefficient (Wildman–Crippen LogP) is 4.55. The smallest absolute Gasteiger partial charge is 0.504 e. The quantitative estimate of drug-likeness (QED) is 0.485. The lowest BCUT2D eigenvalue weighted by atomic mass is 10.1. The molecule has 0 atom stereocenters. The molecule has 1 heterocycles. The number of benzene rings is 1. The maximum absolute atomic E-state index is 12.5. The van der Waals surface area contributed by atoms with E-state index in [1.807, 2.05) is 19.9 Å². The van der Waals surface area contributed by atoms with Crippen molar-refractivity contribution in [2.75, 3.05) is 26.6 Å².